The van der Waals surface area contributed by atoms with Crippen molar-refractivity contribution in [3.05, 3.63) is 40.8 Å². The van der Waals surface area contributed by atoms with Gasteiger partial charge in [-0.2, -0.15) is 0 Å². The molecule has 5 heteroatoms. The maximum Gasteiger partial charge on any atom is 0.383 e. The third-order valence-electron chi connectivity index (χ3n) is 3.13. The fraction of sp³-hybridized carbons (Fsp3) is 0.389. The van der Waals surface area contributed by atoms with E-state index in [-0.39, 0.29) is 23.2 Å². The monoisotopic (exact) mass is 318 g/mol. The Bertz CT molecular complexity index is 743. The summed E-state index contributed by atoms with van der Waals surface area (Å²) in [5.41, 5.74) is -0.490. The Kier molecular flexibility index (Phi) is 5.68. The molecule has 0 radical (unpaired) electrons. The molecule has 0 spiro atoms. The third kappa shape index (κ3) is 4.06. The van der Waals surface area contributed by atoms with Gasteiger partial charge in [-0.25, -0.2) is 4.79 Å². The summed E-state index contributed by atoms with van der Waals surface area (Å²) in [7, 11) is 0. The van der Waals surface area contributed by atoms with E-state index >= 15 is 0 Å². The van der Waals surface area contributed by atoms with Crippen molar-refractivity contribution in [2.75, 3.05) is 6.61 Å². The summed E-state index contributed by atoms with van der Waals surface area (Å²) < 4.78 is 16.3. The van der Waals surface area contributed by atoms with Gasteiger partial charge in [0.1, 0.15) is 0 Å². The molecule has 0 aliphatic rings. The van der Waals surface area contributed by atoms with E-state index in [0.29, 0.717) is 17.7 Å². The summed E-state index contributed by atoms with van der Waals surface area (Å²) in [5, 5.41) is 10.7. The second-order valence-corrected chi connectivity index (χ2v) is 5.38. The van der Waals surface area contributed by atoms with Gasteiger partial charge < -0.3 is 19.0 Å². The number of hydrogen-bond acceptors (Lipinski definition) is 5. The van der Waals surface area contributed by atoms with Gasteiger partial charge in [0.15, 0.2) is 17.1 Å². The first-order chi connectivity index (χ1) is 11.0. The fourth-order valence-electron chi connectivity index (χ4n) is 2.14. The molecular formula is C18H22O5. The maximum absolute atomic E-state index is 12.0. The highest BCUT2D eigenvalue weighted by atomic mass is 16.5. The van der Waals surface area contributed by atoms with Crippen LogP contribution < -0.4 is 15.1 Å². The summed E-state index contributed by atoms with van der Waals surface area (Å²) in [6, 6.07) is 5.10. The quantitative estimate of drug-likeness (QED) is 0.474. The number of aromatic hydroxyl groups is 1. The number of para-hydroxylation sites is 1. The lowest BCUT2D eigenvalue weighted by molar-refractivity contribution is 0.221. The first-order valence-corrected chi connectivity index (χ1v) is 7.77. The standard InChI is InChI=1S/C18H22O5/c1-4-5-6-7-11-21-14-10-8-9-13-15(19)17(22-12(2)3)18(20)23-16(13)14/h5-6,8-10,12,19H,4,7,11H2,1-3H3/b6-5+. The molecule has 2 rings (SSSR count). The van der Waals surface area contributed by atoms with E-state index in [9.17, 15) is 9.90 Å². The van der Waals surface area contributed by atoms with Crippen LogP contribution in [-0.2, 0) is 0 Å². The third-order valence-corrected chi connectivity index (χ3v) is 3.13. The Balaban J connectivity index is 2.34. The van der Waals surface area contributed by atoms with Gasteiger partial charge in [0, 0.05) is 0 Å². The van der Waals surface area contributed by atoms with Gasteiger partial charge in [0.05, 0.1) is 18.1 Å². The molecule has 0 atom stereocenters. The van der Waals surface area contributed by atoms with Gasteiger partial charge in [-0.1, -0.05) is 25.1 Å². The zero-order valence-electron chi connectivity index (χ0n) is 13.7. The average Bonchev–Trinajstić information content (AvgIpc) is 2.51. The van der Waals surface area contributed by atoms with Crippen LogP contribution >= 0.6 is 0 Å². The Morgan fingerprint density at radius 3 is 2.78 bits per heavy atom. The van der Waals surface area contributed by atoms with E-state index < -0.39 is 5.63 Å². The number of hydrogen-bond donors (Lipinski definition) is 1. The predicted molar refractivity (Wildman–Crippen MR) is 89.5 cm³/mol. The van der Waals surface area contributed by atoms with Crippen LogP contribution in [0.2, 0.25) is 0 Å². The van der Waals surface area contributed by atoms with Crippen LogP contribution in [0.15, 0.2) is 39.6 Å². The lowest BCUT2D eigenvalue weighted by Crippen LogP contribution is -2.13. The molecule has 0 aliphatic carbocycles. The highest BCUT2D eigenvalue weighted by Crippen LogP contribution is 2.36. The Morgan fingerprint density at radius 2 is 2.09 bits per heavy atom. The van der Waals surface area contributed by atoms with Gasteiger partial charge in [0.2, 0.25) is 5.75 Å². The SMILES string of the molecule is CC/C=C/CCOc1cccc2c(O)c(OC(C)C)c(=O)oc12. The maximum atomic E-state index is 12.0. The number of fused-ring (bicyclic) bond motifs is 1. The molecule has 1 heterocycles. The Hall–Kier alpha value is -2.43. The zero-order valence-corrected chi connectivity index (χ0v) is 13.7. The molecule has 0 unspecified atom stereocenters. The second kappa shape index (κ2) is 7.72. The van der Waals surface area contributed by atoms with Crippen molar-refractivity contribution in [1.29, 1.82) is 0 Å². The summed E-state index contributed by atoms with van der Waals surface area (Å²) in [5.74, 6) is 0.0349. The van der Waals surface area contributed by atoms with E-state index in [0.717, 1.165) is 12.8 Å². The zero-order chi connectivity index (χ0) is 16.8. The average molecular weight is 318 g/mol. The summed E-state index contributed by atoms with van der Waals surface area (Å²) in [6.07, 6.45) is 5.59. The smallest absolute Gasteiger partial charge is 0.383 e. The van der Waals surface area contributed by atoms with Crippen molar-refractivity contribution in [1.82, 2.24) is 0 Å². The van der Waals surface area contributed by atoms with Crippen molar-refractivity contribution in [2.45, 2.75) is 39.7 Å². The van der Waals surface area contributed by atoms with Crippen molar-refractivity contribution < 1.29 is 19.0 Å². The van der Waals surface area contributed by atoms with Crippen LogP contribution in [0.5, 0.6) is 17.2 Å². The molecule has 0 amide bonds. The van der Waals surface area contributed by atoms with Crippen LogP contribution in [0.4, 0.5) is 0 Å². The number of allylic oxidation sites excluding steroid dienone is 1. The van der Waals surface area contributed by atoms with Gasteiger partial charge >= 0.3 is 5.63 Å². The minimum Gasteiger partial charge on any atom is -0.504 e. The minimum absolute atomic E-state index is 0.171. The molecule has 124 valence electrons. The molecule has 2 aromatic rings. The number of benzene rings is 1. The summed E-state index contributed by atoms with van der Waals surface area (Å²) >= 11 is 0. The van der Waals surface area contributed by atoms with E-state index in [1.807, 2.05) is 6.08 Å². The molecule has 0 saturated carbocycles. The van der Waals surface area contributed by atoms with Crippen molar-refractivity contribution >= 4 is 11.0 Å². The van der Waals surface area contributed by atoms with Gasteiger partial charge in [-0.15, -0.1) is 0 Å². The lowest BCUT2D eigenvalue weighted by atomic mass is 10.2. The molecule has 0 saturated heterocycles. The lowest BCUT2D eigenvalue weighted by Gasteiger charge is -2.12. The van der Waals surface area contributed by atoms with Crippen LogP contribution in [0.25, 0.3) is 11.0 Å². The molecule has 23 heavy (non-hydrogen) atoms. The Morgan fingerprint density at radius 1 is 1.30 bits per heavy atom. The van der Waals surface area contributed by atoms with Gasteiger partial charge in [0.25, 0.3) is 0 Å². The largest absolute Gasteiger partial charge is 0.504 e. The van der Waals surface area contributed by atoms with E-state index in [2.05, 4.69) is 13.0 Å². The van der Waals surface area contributed by atoms with Crippen molar-refractivity contribution in [3.8, 4) is 17.2 Å². The van der Waals surface area contributed by atoms with Crippen molar-refractivity contribution in [3.63, 3.8) is 0 Å². The fourth-order valence-corrected chi connectivity index (χ4v) is 2.14. The Labute approximate surface area is 135 Å². The van der Waals surface area contributed by atoms with E-state index in [1.54, 1.807) is 32.0 Å². The first kappa shape index (κ1) is 16.9. The van der Waals surface area contributed by atoms with Crippen molar-refractivity contribution in [2.24, 2.45) is 0 Å². The molecule has 0 fully saturated rings. The molecule has 1 aromatic heterocycles. The molecular weight excluding hydrogens is 296 g/mol. The molecule has 5 nitrogen and oxygen atoms in total. The molecule has 0 bridgehead atoms. The highest BCUT2D eigenvalue weighted by molar-refractivity contribution is 5.89. The number of rotatable bonds is 7. The topological polar surface area (TPSA) is 68.9 Å². The second-order valence-electron chi connectivity index (χ2n) is 5.38. The molecule has 1 aromatic carbocycles. The van der Waals surface area contributed by atoms with E-state index in [1.165, 1.54) is 0 Å². The van der Waals surface area contributed by atoms with Gasteiger partial charge in [-0.05, 0) is 38.8 Å². The normalized spacial score (nSPS) is 11.5. The summed E-state index contributed by atoms with van der Waals surface area (Å²) in [4.78, 5) is 12.0. The van der Waals surface area contributed by atoms with Crippen LogP contribution in [0.1, 0.15) is 33.6 Å². The van der Waals surface area contributed by atoms with Crippen LogP contribution in [0, 0.1) is 0 Å². The molecule has 1 N–H and O–H groups in total. The van der Waals surface area contributed by atoms with Crippen LogP contribution in [0.3, 0.4) is 0 Å². The van der Waals surface area contributed by atoms with Crippen LogP contribution in [-0.4, -0.2) is 17.8 Å². The predicted octanol–water partition coefficient (Wildman–Crippen LogP) is 4.02. The minimum atomic E-state index is -0.717. The highest BCUT2D eigenvalue weighted by Gasteiger charge is 2.18. The summed E-state index contributed by atoms with van der Waals surface area (Å²) in [6.45, 7) is 6.07. The first-order valence-electron chi connectivity index (χ1n) is 7.77. The molecule has 0 aliphatic heterocycles. The number of ether oxygens (including phenoxy) is 2. The van der Waals surface area contributed by atoms with E-state index in [4.69, 9.17) is 13.9 Å². The van der Waals surface area contributed by atoms with Gasteiger partial charge in [-0.3, -0.25) is 0 Å².